The Labute approximate surface area is 215 Å². The second kappa shape index (κ2) is 13.3. The van der Waals surface area contributed by atoms with Gasteiger partial charge < -0.3 is 9.64 Å². The van der Waals surface area contributed by atoms with Gasteiger partial charge in [-0.1, -0.05) is 54.6 Å². The molecule has 0 saturated carbocycles. The summed E-state index contributed by atoms with van der Waals surface area (Å²) >= 11 is 0. The van der Waals surface area contributed by atoms with Gasteiger partial charge in [-0.2, -0.15) is 0 Å². The molecule has 6 heteroatoms. The second-order valence-electron chi connectivity index (χ2n) is 9.25. The highest BCUT2D eigenvalue weighted by atomic mass is 35.5. The van der Waals surface area contributed by atoms with E-state index in [0.29, 0.717) is 5.56 Å². The van der Waals surface area contributed by atoms with E-state index in [4.69, 9.17) is 4.74 Å². The molecule has 1 aliphatic rings. The van der Waals surface area contributed by atoms with Gasteiger partial charge in [0.25, 0.3) is 0 Å². The average Bonchev–Trinajstić information content (AvgIpc) is 2.86. The first-order valence-corrected chi connectivity index (χ1v) is 12.3. The quantitative estimate of drug-likeness (QED) is 0.365. The van der Waals surface area contributed by atoms with Gasteiger partial charge in [-0.3, -0.25) is 4.90 Å². The minimum atomic E-state index is -0.301. The summed E-state index contributed by atoms with van der Waals surface area (Å²) in [4.78, 5) is 21.7. The van der Waals surface area contributed by atoms with Crippen LogP contribution in [0, 0.1) is 0 Å². The molecule has 186 valence electrons. The summed E-state index contributed by atoms with van der Waals surface area (Å²) in [7, 11) is 0. The number of aryl methyl sites for hydroxylation is 2. The van der Waals surface area contributed by atoms with Crippen molar-refractivity contribution >= 4 is 24.2 Å². The van der Waals surface area contributed by atoms with E-state index in [1.807, 2.05) is 13.8 Å². The Morgan fingerprint density at radius 2 is 1.49 bits per heavy atom. The molecule has 1 saturated heterocycles. The fourth-order valence-electron chi connectivity index (χ4n) is 4.41. The normalized spacial score (nSPS) is 14.0. The molecule has 0 aliphatic carbocycles. The van der Waals surface area contributed by atoms with Crippen LogP contribution in [-0.2, 0) is 24.1 Å². The third kappa shape index (κ3) is 7.81. The molecule has 0 radical (unpaired) electrons. The molecular formula is C29H36ClN3O2. The number of hydrogen-bond donors (Lipinski definition) is 0. The number of halogens is 1. The van der Waals surface area contributed by atoms with E-state index in [1.54, 1.807) is 18.3 Å². The molecule has 5 nitrogen and oxygen atoms in total. The van der Waals surface area contributed by atoms with E-state index in [0.717, 1.165) is 51.4 Å². The molecule has 0 N–H and O–H groups in total. The predicted octanol–water partition coefficient (Wildman–Crippen LogP) is 5.57. The number of nitrogens with zero attached hydrogens (tertiary/aromatic N) is 3. The topological polar surface area (TPSA) is 45.7 Å². The van der Waals surface area contributed by atoms with Gasteiger partial charge in [0.2, 0.25) is 0 Å². The van der Waals surface area contributed by atoms with Gasteiger partial charge in [-0.05, 0) is 61.9 Å². The Morgan fingerprint density at radius 3 is 2.14 bits per heavy atom. The molecule has 0 amide bonds. The number of anilines is 1. The molecule has 2 heterocycles. The molecule has 4 rings (SSSR count). The van der Waals surface area contributed by atoms with E-state index in [9.17, 15) is 4.79 Å². The standard InChI is InChI=1S/C29H35N3O2.ClH/c1-23(2)34-29(33)27-12-7-17-30-28(27)32-20-18-31(19-21-32)22-26-15-13-25(14-16-26)11-6-10-24-8-4-3-5-9-24;/h3-5,7-9,12-17,23H,6,10-11,18-22H2,1-2H3;1H. The van der Waals surface area contributed by atoms with Crippen molar-refractivity contribution in [3.8, 4) is 0 Å². The largest absolute Gasteiger partial charge is 0.459 e. The number of hydrogen-bond acceptors (Lipinski definition) is 5. The Morgan fingerprint density at radius 1 is 0.857 bits per heavy atom. The van der Waals surface area contributed by atoms with Gasteiger partial charge in [-0.15, -0.1) is 12.4 Å². The summed E-state index contributed by atoms with van der Waals surface area (Å²) in [5, 5.41) is 0. The maximum Gasteiger partial charge on any atom is 0.342 e. The molecule has 1 fully saturated rings. The third-order valence-electron chi connectivity index (χ3n) is 6.22. The first kappa shape index (κ1) is 26.7. The molecule has 1 aliphatic heterocycles. The van der Waals surface area contributed by atoms with Crippen molar-refractivity contribution in [3.05, 3.63) is 95.2 Å². The Balaban J connectivity index is 0.00000342. The molecule has 2 aromatic carbocycles. The van der Waals surface area contributed by atoms with E-state index in [2.05, 4.69) is 69.4 Å². The van der Waals surface area contributed by atoms with Gasteiger partial charge in [-0.25, -0.2) is 9.78 Å². The summed E-state index contributed by atoms with van der Waals surface area (Å²) in [6.45, 7) is 8.24. The van der Waals surface area contributed by atoms with Crippen LogP contribution in [-0.4, -0.2) is 48.1 Å². The van der Waals surface area contributed by atoms with Crippen molar-refractivity contribution in [1.29, 1.82) is 0 Å². The van der Waals surface area contributed by atoms with Crippen LogP contribution in [0.15, 0.2) is 72.9 Å². The number of carbonyl (C=O) groups excluding carboxylic acids is 1. The van der Waals surface area contributed by atoms with Crippen LogP contribution in [0.2, 0.25) is 0 Å². The molecule has 0 spiro atoms. The minimum absolute atomic E-state index is 0. The number of aromatic nitrogens is 1. The first-order chi connectivity index (χ1) is 16.6. The van der Waals surface area contributed by atoms with Crippen LogP contribution in [0.25, 0.3) is 0 Å². The summed E-state index contributed by atoms with van der Waals surface area (Å²) < 4.78 is 5.41. The smallest absolute Gasteiger partial charge is 0.342 e. The van der Waals surface area contributed by atoms with Crippen LogP contribution < -0.4 is 4.90 Å². The number of carbonyl (C=O) groups is 1. The molecule has 0 bridgehead atoms. The third-order valence-corrected chi connectivity index (χ3v) is 6.22. The van der Waals surface area contributed by atoms with E-state index < -0.39 is 0 Å². The fraction of sp³-hybridized carbons (Fsp3) is 0.379. The van der Waals surface area contributed by atoms with Crippen LogP contribution in [0.4, 0.5) is 5.82 Å². The number of ether oxygens (including phenoxy) is 1. The number of rotatable bonds is 9. The maximum atomic E-state index is 12.5. The summed E-state index contributed by atoms with van der Waals surface area (Å²) in [6.07, 6.45) is 5.01. The Bertz CT molecular complexity index is 1050. The number of benzene rings is 2. The number of esters is 1. The highest BCUT2D eigenvalue weighted by Gasteiger charge is 2.23. The van der Waals surface area contributed by atoms with E-state index in [-0.39, 0.29) is 24.5 Å². The summed E-state index contributed by atoms with van der Waals surface area (Å²) in [5.41, 5.74) is 4.71. The molecule has 1 aromatic heterocycles. The van der Waals surface area contributed by atoms with Gasteiger partial charge >= 0.3 is 5.97 Å². The monoisotopic (exact) mass is 493 g/mol. The fourth-order valence-corrected chi connectivity index (χ4v) is 4.41. The molecule has 3 aromatic rings. The second-order valence-corrected chi connectivity index (χ2v) is 9.25. The van der Waals surface area contributed by atoms with Gasteiger partial charge in [0, 0.05) is 38.9 Å². The number of piperazine rings is 1. The summed E-state index contributed by atoms with van der Waals surface area (Å²) in [5.74, 6) is 0.428. The zero-order chi connectivity index (χ0) is 23.8. The summed E-state index contributed by atoms with van der Waals surface area (Å²) in [6, 6.07) is 23.4. The Hall–Kier alpha value is -2.89. The Kier molecular flexibility index (Phi) is 10.1. The average molecular weight is 494 g/mol. The molecular weight excluding hydrogens is 458 g/mol. The van der Waals surface area contributed by atoms with Crippen molar-refractivity contribution in [2.75, 3.05) is 31.1 Å². The van der Waals surface area contributed by atoms with Crippen LogP contribution in [0.5, 0.6) is 0 Å². The highest BCUT2D eigenvalue weighted by Crippen LogP contribution is 2.21. The lowest BCUT2D eigenvalue weighted by atomic mass is 10.0. The van der Waals surface area contributed by atoms with Crippen LogP contribution >= 0.6 is 12.4 Å². The highest BCUT2D eigenvalue weighted by molar-refractivity contribution is 5.94. The molecule has 0 atom stereocenters. The van der Waals surface area contributed by atoms with Crippen molar-refractivity contribution in [2.24, 2.45) is 0 Å². The van der Waals surface area contributed by atoms with Gasteiger partial charge in [0.05, 0.1) is 6.10 Å². The minimum Gasteiger partial charge on any atom is -0.459 e. The molecule has 35 heavy (non-hydrogen) atoms. The predicted molar refractivity (Wildman–Crippen MR) is 144 cm³/mol. The lowest BCUT2D eigenvalue weighted by Crippen LogP contribution is -2.46. The number of pyridine rings is 1. The van der Waals surface area contributed by atoms with Crippen molar-refractivity contribution in [1.82, 2.24) is 9.88 Å². The van der Waals surface area contributed by atoms with E-state index in [1.165, 1.54) is 23.1 Å². The molecule has 0 unspecified atom stereocenters. The van der Waals surface area contributed by atoms with Gasteiger partial charge in [0.1, 0.15) is 11.4 Å². The van der Waals surface area contributed by atoms with Crippen molar-refractivity contribution < 1.29 is 9.53 Å². The van der Waals surface area contributed by atoms with Gasteiger partial charge in [0.15, 0.2) is 0 Å². The van der Waals surface area contributed by atoms with Crippen molar-refractivity contribution in [3.63, 3.8) is 0 Å². The first-order valence-electron chi connectivity index (χ1n) is 12.3. The zero-order valence-corrected chi connectivity index (χ0v) is 21.5. The SMILES string of the molecule is CC(C)OC(=O)c1cccnc1N1CCN(Cc2ccc(CCCc3ccccc3)cc2)CC1.Cl. The van der Waals surface area contributed by atoms with Crippen LogP contribution in [0.3, 0.4) is 0 Å². The lowest BCUT2D eigenvalue weighted by Gasteiger charge is -2.36. The zero-order valence-electron chi connectivity index (χ0n) is 20.7. The van der Waals surface area contributed by atoms with E-state index >= 15 is 0 Å². The maximum absolute atomic E-state index is 12.5. The van der Waals surface area contributed by atoms with Crippen LogP contribution in [0.1, 0.15) is 47.3 Å². The van der Waals surface area contributed by atoms with Crippen molar-refractivity contribution in [2.45, 2.75) is 45.8 Å². The lowest BCUT2D eigenvalue weighted by molar-refractivity contribution is 0.0378.